The van der Waals surface area contributed by atoms with Gasteiger partial charge in [-0.25, -0.2) is 4.98 Å². The number of benzene rings is 3. The van der Waals surface area contributed by atoms with Gasteiger partial charge in [0, 0.05) is 11.6 Å². The summed E-state index contributed by atoms with van der Waals surface area (Å²) in [4.78, 5) is 20.2. The van der Waals surface area contributed by atoms with Crippen molar-refractivity contribution in [1.82, 2.24) is 9.97 Å². The number of nitrogens with one attached hydrogen (secondary N) is 2. The second-order valence-electron chi connectivity index (χ2n) is 5.88. The molecule has 1 amide bonds. The van der Waals surface area contributed by atoms with Gasteiger partial charge in [-0.1, -0.05) is 54.6 Å². The lowest BCUT2D eigenvalue weighted by Gasteiger charge is -2.07. The number of hydrogen-bond acceptors (Lipinski definition) is 2. The largest absolute Gasteiger partial charge is 0.338 e. The maximum atomic E-state index is 12.3. The Bertz CT molecular complexity index is 1050. The third kappa shape index (κ3) is 3.39. The van der Waals surface area contributed by atoms with Gasteiger partial charge in [0.15, 0.2) is 0 Å². The van der Waals surface area contributed by atoms with E-state index in [4.69, 9.17) is 0 Å². The van der Waals surface area contributed by atoms with Crippen LogP contribution in [0.2, 0.25) is 0 Å². The van der Waals surface area contributed by atoms with Crippen molar-refractivity contribution in [2.75, 3.05) is 5.32 Å². The summed E-state index contributed by atoms with van der Waals surface area (Å²) < 4.78 is 0. The minimum atomic E-state index is -0.183. The lowest BCUT2D eigenvalue weighted by atomic mass is 10.1. The zero-order valence-corrected chi connectivity index (χ0v) is 14.0. The summed E-state index contributed by atoms with van der Waals surface area (Å²) in [5, 5.41) is 2.94. The molecule has 26 heavy (non-hydrogen) atoms. The molecule has 0 fully saturated rings. The lowest BCUT2D eigenvalue weighted by molar-refractivity contribution is -0.111. The molecule has 1 heterocycles. The minimum absolute atomic E-state index is 0.183. The highest BCUT2D eigenvalue weighted by Gasteiger charge is 2.10. The van der Waals surface area contributed by atoms with Crippen LogP contribution >= 0.6 is 0 Å². The van der Waals surface area contributed by atoms with Gasteiger partial charge in [-0.2, -0.15) is 0 Å². The van der Waals surface area contributed by atoms with Crippen LogP contribution in [0.5, 0.6) is 0 Å². The highest BCUT2D eigenvalue weighted by Crippen LogP contribution is 2.27. The molecule has 0 spiro atoms. The van der Waals surface area contributed by atoms with Gasteiger partial charge in [0.25, 0.3) is 0 Å². The van der Waals surface area contributed by atoms with Crippen LogP contribution < -0.4 is 5.32 Å². The molecule has 0 saturated carbocycles. The van der Waals surface area contributed by atoms with E-state index < -0.39 is 0 Å². The van der Waals surface area contributed by atoms with Crippen LogP contribution in [0.15, 0.2) is 84.9 Å². The van der Waals surface area contributed by atoms with E-state index in [1.165, 1.54) is 6.08 Å². The van der Waals surface area contributed by atoms with Crippen molar-refractivity contribution in [3.05, 3.63) is 90.5 Å². The van der Waals surface area contributed by atoms with Crippen molar-refractivity contribution in [3.63, 3.8) is 0 Å². The maximum Gasteiger partial charge on any atom is 0.248 e. The van der Waals surface area contributed by atoms with Crippen molar-refractivity contribution in [2.45, 2.75) is 0 Å². The van der Waals surface area contributed by atoms with Gasteiger partial charge in [-0.3, -0.25) is 4.79 Å². The summed E-state index contributed by atoms with van der Waals surface area (Å²) >= 11 is 0. The number of anilines is 1. The van der Waals surface area contributed by atoms with Crippen molar-refractivity contribution >= 4 is 28.7 Å². The molecule has 4 heteroatoms. The molecule has 2 N–H and O–H groups in total. The highest BCUT2D eigenvalue weighted by molar-refractivity contribution is 6.04. The van der Waals surface area contributed by atoms with Gasteiger partial charge in [0.2, 0.25) is 5.91 Å². The first kappa shape index (κ1) is 15.8. The Morgan fingerprint density at radius 3 is 2.46 bits per heavy atom. The Labute approximate surface area is 151 Å². The van der Waals surface area contributed by atoms with Crippen LogP contribution in [0.3, 0.4) is 0 Å². The quantitative estimate of drug-likeness (QED) is 0.521. The number of carbonyl (C=O) groups excluding carboxylic acids is 1. The van der Waals surface area contributed by atoms with Crippen LogP contribution in [0.4, 0.5) is 5.69 Å². The molecule has 0 aliphatic rings. The number of imidazole rings is 1. The fourth-order valence-electron chi connectivity index (χ4n) is 2.79. The fraction of sp³-hybridized carbons (Fsp3) is 0. The van der Waals surface area contributed by atoms with Gasteiger partial charge < -0.3 is 10.3 Å². The van der Waals surface area contributed by atoms with E-state index in [1.807, 2.05) is 78.9 Å². The Morgan fingerprint density at radius 2 is 1.62 bits per heavy atom. The fourth-order valence-corrected chi connectivity index (χ4v) is 2.79. The van der Waals surface area contributed by atoms with Gasteiger partial charge >= 0.3 is 0 Å². The van der Waals surface area contributed by atoms with Crippen molar-refractivity contribution < 1.29 is 4.79 Å². The number of rotatable bonds is 4. The number of H-pyrrole nitrogens is 1. The van der Waals surface area contributed by atoms with Gasteiger partial charge in [-0.05, 0) is 35.9 Å². The number of carbonyl (C=O) groups is 1. The maximum absolute atomic E-state index is 12.3. The third-order valence-corrected chi connectivity index (χ3v) is 4.06. The predicted octanol–water partition coefficient (Wildman–Crippen LogP) is 4.88. The summed E-state index contributed by atoms with van der Waals surface area (Å²) in [6, 6.07) is 25.2. The molecule has 0 unspecified atom stereocenters. The number of fused-ring (bicyclic) bond motifs is 1. The predicted molar refractivity (Wildman–Crippen MR) is 106 cm³/mol. The van der Waals surface area contributed by atoms with Crippen molar-refractivity contribution in [1.29, 1.82) is 0 Å². The summed E-state index contributed by atoms with van der Waals surface area (Å²) in [5.41, 5.74) is 4.41. The molecule has 4 rings (SSSR count). The van der Waals surface area contributed by atoms with Gasteiger partial charge in [-0.15, -0.1) is 0 Å². The number of amides is 1. The Balaban J connectivity index is 1.59. The molecular formula is C22H17N3O. The SMILES string of the molecule is O=C(/C=C/c1ccccc1)Nc1ccccc1-c1nc2ccccc2[nH]1. The molecule has 0 aliphatic carbocycles. The lowest BCUT2D eigenvalue weighted by Crippen LogP contribution is -2.08. The van der Waals surface area contributed by atoms with Crippen molar-refractivity contribution in [2.24, 2.45) is 0 Å². The highest BCUT2D eigenvalue weighted by atomic mass is 16.1. The normalized spacial score (nSPS) is 11.1. The van der Waals surface area contributed by atoms with E-state index in [2.05, 4.69) is 15.3 Å². The number of aromatic amines is 1. The summed E-state index contributed by atoms with van der Waals surface area (Å²) in [5.74, 6) is 0.548. The first-order valence-corrected chi connectivity index (χ1v) is 8.38. The summed E-state index contributed by atoms with van der Waals surface area (Å²) in [7, 11) is 0. The second kappa shape index (κ2) is 7.07. The zero-order chi connectivity index (χ0) is 17.8. The van der Waals surface area contributed by atoms with Crippen LogP contribution in [0, 0.1) is 0 Å². The molecule has 4 nitrogen and oxygen atoms in total. The van der Waals surface area contributed by atoms with Crippen LogP contribution in [-0.2, 0) is 4.79 Å². The monoisotopic (exact) mass is 339 g/mol. The molecule has 4 aromatic rings. The average Bonchev–Trinajstić information content (AvgIpc) is 3.12. The molecule has 0 saturated heterocycles. The number of para-hydroxylation sites is 3. The Hall–Kier alpha value is -3.66. The smallest absolute Gasteiger partial charge is 0.248 e. The van der Waals surface area contributed by atoms with Gasteiger partial charge in [0.05, 0.1) is 16.7 Å². The third-order valence-electron chi connectivity index (χ3n) is 4.06. The zero-order valence-electron chi connectivity index (χ0n) is 14.0. The van der Waals surface area contributed by atoms with E-state index in [0.29, 0.717) is 5.69 Å². The first-order chi connectivity index (χ1) is 12.8. The molecule has 1 aromatic heterocycles. The number of aromatic nitrogens is 2. The second-order valence-corrected chi connectivity index (χ2v) is 5.88. The van der Waals surface area contributed by atoms with Crippen molar-refractivity contribution in [3.8, 4) is 11.4 Å². The van der Waals surface area contributed by atoms with E-state index in [1.54, 1.807) is 6.08 Å². The Morgan fingerprint density at radius 1 is 0.885 bits per heavy atom. The topological polar surface area (TPSA) is 57.8 Å². The van der Waals surface area contributed by atoms with Crippen LogP contribution in [0.1, 0.15) is 5.56 Å². The molecule has 0 radical (unpaired) electrons. The molecule has 0 atom stereocenters. The van der Waals surface area contributed by atoms with E-state index in [9.17, 15) is 4.79 Å². The summed E-state index contributed by atoms with van der Waals surface area (Å²) in [6.07, 6.45) is 3.32. The van der Waals surface area contributed by atoms with Crippen LogP contribution in [-0.4, -0.2) is 15.9 Å². The molecule has 3 aromatic carbocycles. The van der Waals surface area contributed by atoms with Crippen LogP contribution in [0.25, 0.3) is 28.5 Å². The van der Waals surface area contributed by atoms with E-state index >= 15 is 0 Å². The number of hydrogen-bond donors (Lipinski definition) is 2. The molecule has 126 valence electrons. The first-order valence-electron chi connectivity index (χ1n) is 8.38. The van der Waals surface area contributed by atoms with E-state index in [0.717, 1.165) is 28.0 Å². The minimum Gasteiger partial charge on any atom is -0.338 e. The Kier molecular flexibility index (Phi) is 4.31. The summed E-state index contributed by atoms with van der Waals surface area (Å²) in [6.45, 7) is 0. The molecule has 0 bridgehead atoms. The van der Waals surface area contributed by atoms with E-state index in [-0.39, 0.29) is 5.91 Å². The molecular weight excluding hydrogens is 322 g/mol. The number of nitrogens with zero attached hydrogens (tertiary/aromatic N) is 1. The average molecular weight is 339 g/mol. The standard InChI is InChI=1S/C22H17N3O/c26-21(15-14-16-8-2-1-3-9-16)23-18-11-5-4-10-17(18)22-24-19-12-6-7-13-20(19)25-22/h1-15H,(H,23,26)(H,24,25)/b15-14+. The molecule has 0 aliphatic heterocycles. The van der Waals surface area contributed by atoms with Gasteiger partial charge in [0.1, 0.15) is 5.82 Å².